The number of hydrogen-bond donors (Lipinski definition) is 0. The number of nitrogens with zero attached hydrogens (tertiary/aromatic N) is 1. The fourth-order valence-electron chi connectivity index (χ4n) is 4.73. The van der Waals surface area contributed by atoms with Crippen LogP contribution in [0.5, 0.6) is 17.2 Å². The average molecular weight is 532 g/mol. The number of carbonyl (C=O) groups excluding carboxylic acids is 4. The Kier molecular flexibility index (Phi) is 6.20. The van der Waals surface area contributed by atoms with Crippen molar-refractivity contribution in [3.8, 4) is 17.2 Å². The number of ether oxygens (including phenoxy) is 3. The molecule has 0 unspecified atom stereocenters. The highest BCUT2D eigenvalue weighted by Crippen LogP contribution is 2.36. The van der Waals surface area contributed by atoms with E-state index in [1.165, 1.54) is 19.2 Å². The molecule has 0 spiro atoms. The maximum Gasteiger partial charge on any atom is 0.343 e. The summed E-state index contributed by atoms with van der Waals surface area (Å²) < 4.78 is 16.2. The highest BCUT2D eigenvalue weighted by molar-refractivity contribution is 6.36. The third-order valence-electron chi connectivity index (χ3n) is 6.65. The summed E-state index contributed by atoms with van der Waals surface area (Å²) in [4.78, 5) is 53.6. The van der Waals surface area contributed by atoms with Gasteiger partial charge in [-0.1, -0.05) is 36.4 Å². The van der Waals surface area contributed by atoms with E-state index in [0.717, 1.165) is 4.90 Å². The number of hydrogen-bond acceptors (Lipinski definition) is 7. The van der Waals surface area contributed by atoms with Crippen molar-refractivity contribution in [3.63, 3.8) is 0 Å². The highest BCUT2D eigenvalue weighted by atomic mass is 16.5. The average Bonchev–Trinajstić information content (AvgIpc) is 3.52. The number of carbonyl (C=O) groups is 4. The van der Waals surface area contributed by atoms with E-state index in [2.05, 4.69) is 0 Å². The van der Waals surface area contributed by atoms with Crippen LogP contribution in [0.1, 0.15) is 37.5 Å². The van der Waals surface area contributed by atoms with Crippen LogP contribution in [-0.2, 0) is 4.79 Å². The van der Waals surface area contributed by atoms with Crippen molar-refractivity contribution in [1.29, 1.82) is 0 Å². The molecule has 0 bridgehead atoms. The predicted octanol–water partition coefficient (Wildman–Crippen LogP) is 5.66. The Labute approximate surface area is 228 Å². The van der Waals surface area contributed by atoms with Crippen molar-refractivity contribution < 1.29 is 33.4 Å². The van der Waals surface area contributed by atoms with E-state index in [-0.39, 0.29) is 22.7 Å². The van der Waals surface area contributed by atoms with Crippen LogP contribution in [-0.4, -0.2) is 30.9 Å². The molecule has 6 rings (SSSR count). The number of methoxy groups -OCH3 is 1. The third-order valence-corrected chi connectivity index (χ3v) is 6.65. The van der Waals surface area contributed by atoms with E-state index in [0.29, 0.717) is 39.6 Å². The molecule has 2 aliphatic rings. The molecule has 0 radical (unpaired) electrons. The number of benzene rings is 4. The summed E-state index contributed by atoms with van der Waals surface area (Å²) in [5, 5.41) is 1.05. The summed E-state index contributed by atoms with van der Waals surface area (Å²) in [6.07, 6.45) is 5.93. The van der Waals surface area contributed by atoms with E-state index in [1.807, 2.05) is 6.08 Å². The van der Waals surface area contributed by atoms with Crippen molar-refractivity contribution in [2.45, 2.75) is 6.42 Å². The Morgan fingerprint density at radius 3 is 2.25 bits per heavy atom. The summed E-state index contributed by atoms with van der Waals surface area (Å²) in [5.41, 5.74) is 1.51. The minimum atomic E-state index is -0.608. The van der Waals surface area contributed by atoms with Gasteiger partial charge in [0.15, 0.2) is 0 Å². The predicted molar refractivity (Wildman–Crippen MR) is 147 cm³/mol. The van der Waals surface area contributed by atoms with Crippen molar-refractivity contribution in [3.05, 3.63) is 119 Å². The third kappa shape index (κ3) is 4.41. The summed E-state index contributed by atoms with van der Waals surface area (Å²) in [6.45, 7) is 0. The summed E-state index contributed by atoms with van der Waals surface area (Å²) in [6, 6.07) is 20.8. The number of rotatable bonds is 6. The van der Waals surface area contributed by atoms with Crippen LogP contribution in [0.4, 0.5) is 5.69 Å². The minimum absolute atomic E-state index is 0.156. The van der Waals surface area contributed by atoms with E-state index in [1.54, 1.807) is 78.9 Å². The molecule has 196 valence electrons. The van der Waals surface area contributed by atoms with Gasteiger partial charge in [-0.25, -0.2) is 14.5 Å². The molecule has 4 aromatic rings. The second kappa shape index (κ2) is 9.99. The van der Waals surface area contributed by atoms with Crippen molar-refractivity contribution >= 4 is 40.2 Å². The van der Waals surface area contributed by atoms with Crippen LogP contribution in [0.3, 0.4) is 0 Å². The molecule has 1 aliphatic heterocycles. The van der Waals surface area contributed by atoms with Crippen LogP contribution in [0.15, 0.2) is 103 Å². The molecule has 4 aromatic carbocycles. The zero-order chi connectivity index (χ0) is 27.8. The lowest BCUT2D eigenvalue weighted by atomic mass is 9.93. The molecule has 1 heterocycles. The largest absolute Gasteiger partial charge is 0.497 e. The first kappa shape index (κ1) is 24.8. The van der Waals surface area contributed by atoms with Gasteiger partial charge in [0.2, 0.25) is 0 Å². The van der Waals surface area contributed by atoms with E-state index >= 15 is 0 Å². The van der Waals surface area contributed by atoms with Crippen LogP contribution < -0.4 is 19.1 Å². The molecule has 1 aliphatic carbocycles. The van der Waals surface area contributed by atoms with Gasteiger partial charge in [0.25, 0.3) is 11.8 Å². The lowest BCUT2D eigenvalue weighted by Crippen LogP contribution is -2.40. The Morgan fingerprint density at radius 1 is 0.750 bits per heavy atom. The lowest BCUT2D eigenvalue weighted by Gasteiger charge is -2.27. The smallest absolute Gasteiger partial charge is 0.343 e. The molecule has 8 nitrogen and oxygen atoms in total. The maximum absolute atomic E-state index is 13.8. The summed E-state index contributed by atoms with van der Waals surface area (Å²) in [5.74, 6) is -1.30. The quantitative estimate of drug-likeness (QED) is 0.180. The van der Waals surface area contributed by atoms with Crippen LogP contribution in [0, 0.1) is 0 Å². The number of imide groups is 1. The molecule has 0 saturated heterocycles. The van der Waals surface area contributed by atoms with Gasteiger partial charge in [-0.05, 0) is 66.4 Å². The molecule has 0 atom stereocenters. The molecular weight excluding hydrogens is 510 g/mol. The Bertz CT molecular complexity index is 1780. The normalized spacial score (nSPS) is 13.8. The minimum Gasteiger partial charge on any atom is -0.497 e. The molecule has 40 heavy (non-hydrogen) atoms. The molecule has 2 amide bonds. The SMILES string of the molecule is COc1ccc(C(=O)Oc2cc3c4c(cccc4c2)C(=O)N(c2cccc(OC(=O)C4=CCC=C4)c2)C3=O)cc1. The first-order valence-electron chi connectivity index (χ1n) is 12.4. The maximum atomic E-state index is 13.8. The van der Waals surface area contributed by atoms with Gasteiger partial charge < -0.3 is 14.2 Å². The molecule has 0 fully saturated rings. The summed E-state index contributed by atoms with van der Waals surface area (Å²) in [7, 11) is 1.53. The van der Waals surface area contributed by atoms with Gasteiger partial charge in [-0.3, -0.25) is 9.59 Å². The van der Waals surface area contributed by atoms with Gasteiger partial charge in [0.05, 0.1) is 29.5 Å². The standard InChI is InChI=1S/C32H21NO7/c1-38-23-14-12-20(13-15-23)32(37)40-25-16-21-8-4-11-26-28(21)27(18-25)30(35)33(29(26)34)22-9-5-10-24(17-22)39-31(36)19-6-2-3-7-19/h2,4-18H,3H2,1H3. The van der Waals surface area contributed by atoms with Crippen LogP contribution >= 0.6 is 0 Å². The van der Waals surface area contributed by atoms with Gasteiger partial charge in [-0.2, -0.15) is 0 Å². The van der Waals surface area contributed by atoms with Gasteiger partial charge in [-0.15, -0.1) is 0 Å². The van der Waals surface area contributed by atoms with Crippen molar-refractivity contribution in [2.75, 3.05) is 12.0 Å². The molecule has 0 N–H and O–H groups in total. The first-order valence-corrected chi connectivity index (χ1v) is 12.4. The number of anilines is 1. The van der Waals surface area contributed by atoms with Crippen molar-refractivity contribution in [1.82, 2.24) is 0 Å². The Morgan fingerprint density at radius 2 is 1.50 bits per heavy atom. The van der Waals surface area contributed by atoms with Crippen LogP contribution in [0.2, 0.25) is 0 Å². The molecular formula is C32H21NO7. The Hall–Kier alpha value is -5.50. The first-order chi connectivity index (χ1) is 19.4. The Balaban J connectivity index is 1.34. The summed E-state index contributed by atoms with van der Waals surface area (Å²) >= 11 is 0. The zero-order valence-corrected chi connectivity index (χ0v) is 21.2. The topological polar surface area (TPSA) is 99.2 Å². The van der Waals surface area contributed by atoms with E-state index in [4.69, 9.17) is 14.2 Å². The highest BCUT2D eigenvalue weighted by Gasteiger charge is 2.35. The molecule has 0 saturated carbocycles. The lowest BCUT2D eigenvalue weighted by molar-refractivity contribution is -0.129. The van der Waals surface area contributed by atoms with E-state index in [9.17, 15) is 19.2 Å². The second-order valence-electron chi connectivity index (χ2n) is 9.12. The number of esters is 2. The fraction of sp³-hybridized carbons (Fsp3) is 0.0625. The second-order valence-corrected chi connectivity index (χ2v) is 9.12. The zero-order valence-electron chi connectivity index (χ0n) is 21.2. The monoisotopic (exact) mass is 531 g/mol. The van der Waals surface area contributed by atoms with Gasteiger partial charge >= 0.3 is 11.9 Å². The van der Waals surface area contributed by atoms with Crippen LogP contribution in [0.25, 0.3) is 10.8 Å². The van der Waals surface area contributed by atoms with Gasteiger partial charge in [0.1, 0.15) is 17.2 Å². The number of allylic oxidation sites excluding steroid dienone is 2. The van der Waals surface area contributed by atoms with Crippen molar-refractivity contribution in [2.24, 2.45) is 0 Å². The molecule has 0 aromatic heterocycles. The van der Waals surface area contributed by atoms with Gasteiger partial charge in [0, 0.05) is 17.0 Å². The molecule has 8 heteroatoms. The van der Waals surface area contributed by atoms with E-state index < -0.39 is 23.8 Å². The fourth-order valence-corrected chi connectivity index (χ4v) is 4.73. The number of amides is 2.